The molecule has 0 aromatic heterocycles. The van der Waals surface area contributed by atoms with Crippen molar-refractivity contribution in [1.82, 2.24) is 4.90 Å². The molecule has 1 unspecified atom stereocenters. The number of fused-ring (bicyclic) bond motifs is 1. The first-order valence-electron chi connectivity index (χ1n) is 11.0. The Labute approximate surface area is 187 Å². The maximum atomic E-state index is 13.1. The van der Waals surface area contributed by atoms with Crippen molar-refractivity contribution in [3.63, 3.8) is 0 Å². The number of carbonyl (C=O) groups excluding carboxylic acids is 2. The average Bonchev–Trinajstić information content (AvgIpc) is 3.37. The van der Waals surface area contributed by atoms with Crippen molar-refractivity contribution < 1.29 is 28.9 Å². The van der Waals surface area contributed by atoms with Gasteiger partial charge in [-0.1, -0.05) is 31.9 Å². The van der Waals surface area contributed by atoms with Gasteiger partial charge in [0.2, 0.25) is 6.79 Å². The minimum absolute atomic E-state index is 0.0783. The molecule has 0 radical (unpaired) electrons. The first-order chi connectivity index (χ1) is 15.5. The fourth-order valence-electron chi connectivity index (χ4n) is 4.10. The van der Waals surface area contributed by atoms with E-state index in [1.807, 2.05) is 31.2 Å². The number of nitrogens with zero attached hydrogens (tertiary/aromatic N) is 1. The standard InChI is InChI=1S/C25H27NO6/c1-3-5-6-13-26-22(16-7-10-18(11-8-16)30-4-2)21(24(28)25(26)29)23(27)17-9-12-19-20(14-17)32-15-31-19/h7-12,14,22,27H,3-6,13,15H2,1-2H3/b23-21-. The maximum absolute atomic E-state index is 13.1. The van der Waals surface area contributed by atoms with Gasteiger partial charge in [-0.05, 0) is 49.2 Å². The number of amides is 1. The van der Waals surface area contributed by atoms with Crippen molar-refractivity contribution in [3.05, 3.63) is 59.2 Å². The lowest BCUT2D eigenvalue weighted by Gasteiger charge is -2.25. The number of ketones is 1. The molecule has 2 aromatic carbocycles. The van der Waals surface area contributed by atoms with Gasteiger partial charge in [-0.2, -0.15) is 0 Å². The molecule has 1 amide bonds. The van der Waals surface area contributed by atoms with Crippen LogP contribution in [0.2, 0.25) is 0 Å². The number of hydrogen-bond acceptors (Lipinski definition) is 6. The fraction of sp³-hybridized carbons (Fsp3) is 0.360. The highest BCUT2D eigenvalue weighted by Gasteiger charge is 2.45. The van der Waals surface area contributed by atoms with Crippen LogP contribution >= 0.6 is 0 Å². The van der Waals surface area contributed by atoms with Crippen molar-refractivity contribution in [3.8, 4) is 17.2 Å². The van der Waals surface area contributed by atoms with Gasteiger partial charge in [0.25, 0.3) is 11.7 Å². The molecule has 2 aliphatic heterocycles. The van der Waals surface area contributed by atoms with E-state index in [0.717, 1.165) is 24.8 Å². The Bertz CT molecular complexity index is 1040. The van der Waals surface area contributed by atoms with E-state index in [1.54, 1.807) is 23.1 Å². The fourth-order valence-corrected chi connectivity index (χ4v) is 4.10. The van der Waals surface area contributed by atoms with E-state index in [2.05, 4.69) is 6.92 Å². The number of unbranched alkanes of at least 4 members (excludes halogenated alkanes) is 2. The second-order valence-electron chi connectivity index (χ2n) is 7.77. The maximum Gasteiger partial charge on any atom is 0.295 e. The Balaban J connectivity index is 1.77. The van der Waals surface area contributed by atoms with Crippen LogP contribution in [0.15, 0.2) is 48.0 Å². The van der Waals surface area contributed by atoms with Gasteiger partial charge < -0.3 is 24.2 Å². The van der Waals surface area contributed by atoms with Gasteiger partial charge in [-0.3, -0.25) is 9.59 Å². The van der Waals surface area contributed by atoms with Crippen molar-refractivity contribution in [2.24, 2.45) is 0 Å². The van der Waals surface area contributed by atoms with Crippen LogP contribution in [0.4, 0.5) is 0 Å². The Morgan fingerprint density at radius 3 is 2.53 bits per heavy atom. The third kappa shape index (κ3) is 4.02. The van der Waals surface area contributed by atoms with Crippen LogP contribution in [-0.2, 0) is 9.59 Å². The second kappa shape index (κ2) is 9.34. The van der Waals surface area contributed by atoms with Gasteiger partial charge in [0.1, 0.15) is 11.5 Å². The summed E-state index contributed by atoms with van der Waals surface area (Å²) in [6.45, 7) is 5.07. The molecule has 7 heteroatoms. The lowest BCUT2D eigenvalue weighted by atomic mass is 9.95. The number of likely N-dealkylation sites (tertiary alicyclic amines) is 1. The van der Waals surface area contributed by atoms with Crippen molar-refractivity contribution in [2.45, 2.75) is 39.2 Å². The summed E-state index contributed by atoms with van der Waals surface area (Å²) in [5, 5.41) is 11.2. The predicted molar refractivity (Wildman–Crippen MR) is 119 cm³/mol. The largest absolute Gasteiger partial charge is 0.507 e. The van der Waals surface area contributed by atoms with E-state index >= 15 is 0 Å². The zero-order chi connectivity index (χ0) is 22.7. The van der Waals surface area contributed by atoms with E-state index in [0.29, 0.717) is 36.0 Å². The Kier molecular flexibility index (Phi) is 6.35. The van der Waals surface area contributed by atoms with Gasteiger partial charge in [0, 0.05) is 12.1 Å². The first kappa shape index (κ1) is 21.7. The Morgan fingerprint density at radius 2 is 1.81 bits per heavy atom. The van der Waals surface area contributed by atoms with Crippen LogP contribution in [0.5, 0.6) is 17.2 Å². The smallest absolute Gasteiger partial charge is 0.295 e. The molecule has 2 aromatic rings. The number of aliphatic hydroxyl groups is 1. The summed E-state index contributed by atoms with van der Waals surface area (Å²) in [5.41, 5.74) is 1.22. The summed E-state index contributed by atoms with van der Waals surface area (Å²) >= 11 is 0. The van der Waals surface area contributed by atoms with Crippen molar-refractivity contribution in [1.29, 1.82) is 0 Å². The number of Topliss-reactive ketones (excluding diaryl/α,β-unsaturated/α-hetero) is 1. The molecule has 1 N–H and O–H groups in total. The average molecular weight is 437 g/mol. The van der Waals surface area contributed by atoms with Crippen molar-refractivity contribution >= 4 is 17.4 Å². The molecule has 32 heavy (non-hydrogen) atoms. The Hall–Kier alpha value is -3.48. The van der Waals surface area contributed by atoms with Gasteiger partial charge in [-0.15, -0.1) is 0 Å². The summed E-state index contributed by atoms with van der Waals surface area (Å²) in [6, 6.07) is 11.6. The molecule has 0 bridgehead atoms. The summed E-state index contributed by atoms with van der Waals surface area (Å²) in [5.74, 6) is 0.264. The minimum Gasteiger partial charge on any atom is -0.507 e. The molecule has 2 heterocycles. The normalized spacial score (nSPS) is 18.9. The zero-order valence-corrected chi connectivity index (χ0v) is 18.3. The molecular weight excluding hydrogens is 410 g/mol. The molecule has 7 nitrogen and oxygen atoms in total. The van der Waals surface area contributed by atoms with Crippen LogP contribution in [0, 0.1) is 0 Å². The summed E-state index contributed by atoms with van der Waals surface area (Å²) in [6.07, 6.45) is 2.72. The van der Waals surface area contributed by atoms with Crippen LogP contribution in [-0.4, -0.2) is 41.6 Å². The number of rotatable bonds is 8. The van der Waals surface area contributed by atoms with Crippen LogP contribution in [0.3, 0.4) is 0 Å². The van der Waals surface area contributed by atoms with Gasteiger partial charge >= 0.3 is 0 Å². The first-order valence-corrected chi connectivity index (χ1v) is 11.0. The molecule has 0 aliphatic carbocycles. The van der Waals surface area contributed by atoms with Gasteiger partial charge in [0.15, 0.2) is 11.5 Å². The van der Waals surface area contributed by atoms with Crippen LogP contribution < -0.4 is 14.2 Å². The quantitative estimate of drug-likeness (QED) is 0.285. The van der Waals surface area contributed by atoms with E-state index in [9.17, 15) is 14.7 Å². The third-order valence-corrected chi connectivity index (χ3v) is 5.70. The molecule has 1 atom stereocenters. The molecule has 1 saturated heterocycles. The van der Waals surface area contributed by atoms with E-state index in [1.165, 1.54) is 0 Å². The van der Waals surface area contributed by atoms with Crippen LogP contribution in [0.1, 0.15) is 50.3 Å². The number of carbonyl (C=O) groups is 2. The minimum atomic E-state index is -0.685. The molecule has 0 saturated carbocycles. The van der Waals surface area contributed by atoms with E-state index < -0.39 is 17.7 Å². The molecule has 2 aliphatic rings. The molecule has 1 fully saturated rings. The highest BCUT2D eigenvalue weighted by Crippen LogP contribution is 2.41. The van der Waals surface area contributed by atoms with Crippen molar-refractivity contribution in [2.75, 3.05) is 19.9 Å². The number of ether oxygens (including phenoxy) is 3. The lowest BCUT2D eigenvalue weighted by molar-refractivity contribution is -0.139. The predicted octanol–water partition coefficient (Wildman–Crippen LogP) is 4.43. The van der Waals surface area contributed by atoms with Crippen LogP contribution in [0.25, 0.3) is 5.76 Å². The highest BCUT2D eigenvalue weighted by atomic mass is 16.7. The summed E-state index contributed by atoms with van der Waals surface area (Å²) in [4.78, 5) is 27.6. The lowest BCUT2D eigenvalue weighted by Crippen LogP contribution is -2.30. The summed E-state index contributed by atoms with van der Waals surface area (Å²) < 4.78 is 16.3. The third-order valence-electron chi connectivity index (χ3n) is 5.70. The highest BCUT2D eigenvalue weighted by molar-refractivity contribution is 6.46. The number of aliphatic hydroxyl groups excluding tert-OH is 1. The second-order valence-corrected chi connectivity index (χ2v) is 7.77. The number of benzene rings is 2. The topological polar surface area (TPSA) is 85.3 Å². The van der Waals surface area contributed by atoms with E-state index in [-0.39, 0.29) is 18.1 Å². The number of hydrogen-bond donors (Lipinski definition) is 1. The molecular formula is C25H27NO6. The van der Waals surface area contributed by atoms with Gasteiger partial charge in [0.05, 0.1) is 18.2 Å². The zero-order valence-electron chi connectivity index (χ0n) is 18.3. The SMILES string of the molecule is CCCCCN1C(=O)C(=O)/C(=C(\O)c2ccc3c(c2)OCO3)C1c1ccc(OCC)cc1. The molecule has 168 valence electrons. The molecule has 4 rings (SSSR count). The van der Waals surface area contributed by atoms with E-state index in [4.69, 9.17) is 14.2 Å². The monoisotopic (exact) mass is 437 g/mol. The summed E-state index contributed by atoms with van der Waals surface area (Å²) in [7, 11) is 0. The van der Waals surface area contributed by atoms with Gasteiger partial charge in [-0.25, -0.2) is 0 Å². The Morgan fingerprint density at radius 1 is 1.06 bits per heavy atom. The molecule has 0 spiro atoms.